The van der Waals surface area contributed by atoms with Gasteiger partial charge in [-0.25, -0.2) is 0 Å². The molecule has 2 saturated heterocycles. The fraction of sp³-hybridized carbons (Fsp3) is 0.310. The number of amides is 1. The van der Waals surface area contributed by atoms with Crippen LogP contribution in [0.5, 0.6) is 6.01 Å². The molecule has 5 heterocycles. The van der Waals surface area contributed by atoms with E-state index >= 15 is 0 Å². The molecule has 2 fully saturated rings. The molecule has 2 aliphatic rings. The van der Waals surface area contributed by atoms with Gasteiger partial charge in [0.05, 0.1) is 23.1 Å². The van der Waals surface area contributed by atoms with E-state index in [9.17, 15) is 10.1 Å². The number of pyridine rings is 1. The lowest BCUT2D eigenvalue weighted by Crippen LogP contribution is -2.59. The second kappa shape index (κ2) is 9.73. The van der Waals surface area contributed by atoms with E-state index in [1.807, 2.05) is 37.3 Å². The lowest BCUT2D eigenvalue weighted by molar-refractivity contribution is -0.135. The van der Waals surface area contributed by atoms with Crippen LogP contribution in [-0.2, 0) is 11.4 Å². The first-order chi connectivity index (χ1) is 19.0. The summed E-state index contributed by atoms with van der Waals surface area (Å²) < 4.78 is 6.04. The number of aromatic nitrogens is 5. The number of nitrogens with one attached hydrogen (secondary N) is 1. The van der Waals surface area contributed by atoms with Gasteiger partial charge in [-0.3, -0.25) is 14.9 Å². The molecule has 1 spiro atoms. The van der Waals surface area contributed by atoms with Crippen molar-refractivity contribution in [2.45, 2.75) is 26.9 Å². The molecule has 0 radical (unpaired) electrons. The highest BCUT2D eigenvalue weighted by molar-refractivity contribution is 5.97. The number of aromatic amines is 1. The summed E-state index contributed by atoms with van der Waals surface area (Å²) >= 11 is 0. The van der Waals surface area contributed by atoms with E-state index < -0.39 is 0 Å². The van der Waals surface area contributed by atoms with Crippen LogP contribution in [0.2, 0.25) is 0 Å². The number of hydrogen-bond donors (Lipinski definition) is 1. The number of hydrogen-bond acceptors (Lipinski definition) is 8. The van der Waals surface area contributed by atoms with Crippen LogP contribution in [0.3, 0.4) is 0 Å². The molecule has 3 aromatic heterocycles. The minimum atomic E-state index is -0.141. The Kier molecular flexibility index (Phi) is 6.08. The van der Waals surface area contributed by atoms with Crippen LogP contribution in [0.25, 0.3) is 22.2 Å². The van der Waals surface area contributed by atoms with Crippen LogP contribution in [0.1, 0.15) is 30.2 Å². The van der Waals surface area contributed by atoms with E-state index in [0.717, 1.165) is 34.1 Å². The molecule has 1 N–H and O–H groups in total. The van der Waals surface area contributed by atoms with E-state index in [-0.39, 0.29) is 23.9 Å². The largest absolute Gasteiger partial charge is 0.457 e. The first-order valence-corrected chi connectivity index (χ1v) is 12.7. The third kappa shape index (κ3) is 4.40. The fourth-order valence-corrected chi connectivity index (χ4v) is 5.54. The monoisotopic (exact) mass is 518 g/mol. The first-order valence-electron chi connectivity index (χ1n) is 12.7. The highest BCUT2D eigenvalue weighted by Gasteiger charge is 2.49. The standard InChI is InChI=1S/C29H26N8O2/c1-3-6-24(38)37-17-29(18-37)10-12-36(16-29)27-21(13-30)26(25-19(2)8-9-23-22(25)14-32-35-23)33-28(34-27)39-15-20-7-4-5-11-31-20/h4-5,7-9,11,14H,10,12,15-18H2,1-2H3,(H,32,35). The highest BCUT2D eigenvalue weighted by Crippen LogP contribution is 2.43. The predicted octanol–water partition coefficient (Wildman–Crippen LogP) is 3.24. The predicted molar refractivity (Wildman–Crippen MR) is 144 cm³/mol. The lowest BCUT2D eigenvalue weighted by Gasteiger charge is -2.47. The van der Waals surface area contributed by atoms with Gasteiger partial charge in [-0.2, -0.15) is 20.3 Å². The van der Waals surface area contributed by atoms with Gasteiger partial charge in [0.15, 0.2) is 5.82 Å². The van der Waals surface area contributed by atoms with Crippen molar-refractivity contribution in [1.82, 2.24) is 30.0 Å². The summed E-state index contributed by atoms with van der Waals surface area (Å²) in [6.07, 6.45) is 4.35. The van der Waals surface area contributed by atoms with Crippen LogP contribution in [0.15, 0.2) is 42.7 Å². The third-order valence-electron chi connectivity index (χ3n) is 7.44. The molecule has 1 aromatic carbocycles. The number of nitrogens with zero attached hydrogens (tertiary/aromatic N) is 7. The van der Waals surface area contributed by atoms with Gasteiger partial charge in [0.1, 0.15) is 18.2 Å². The minimum absolute atomic E-state index is 0.0433. The zero-order valence-electron chi connectivity index (χ0n) is 21.7. The summed E-state index contributed by atoms with van der Waals surface area (Å²) in [7, 11) is 0. The Bertz CT molecular complexity index is 1670. The first kappa shape index (κ1) is 24.4. The molecule has 0 aliphatic carbocycles. The SMILES string of the molecule is CC#CC(=O)N1CC2(CCN(c3nc(OCc4ccccn4)nc(-c4c(C)ccc5[nH]ncc45)c3C#N)C2)C1. The van der Waals surface area contributed by atoms with Gasteiger partial charge in [0.2, 0.25) is 0 Å². The zero-order valence-corrected chi connectivity index (χ0v) is 21.7. The van der Waals surface area contributed by atoms with Gasteiger partial charge in [0, 0.05) is 48.7 Å². The van der Waals surface area contributed by atoms with Crippen molar-refractivity contribution < 1.29 is 9.53 Å². The Labute approximate surface area is 225 Å². The average Bonchev–Trinajstić information content (AvgIpc) is 3.59. The van der Waals surface area contributed by atoms with Gasteiger partial charge in [-0.05, 0) is 50.0 Å². The van der Waals surface area contributed by atoms with Crippen molar-refractivity contribution in [2.24, 2.45) is 5.41 Å². The summed E-state index contributed by atoms with van der Waals surface area (Å²) in [6, 6.07) is 12.1. The van der Waals surface area contributed by atoms with Crippen LogP contribution >= 0.6 is 0 Å². The number of nitriles is 1. The normalized spacial score (nSPS) is 15.5. The number of carbonyl (C=O) groups is 1. The Hall–Kier alpha value is -4.96. The number of carbonyl (C=O) groups excluding carboxylic acids is 1. The van der Waals surface area contributed by atoms with Crippen LogP contribution in [0.4, 0.5) is 5.82 Å². The number of benzene rings is 1. The van der Waals surface area contributed by atoms with Crippen molar-refractivity contribution in [3.8, 4) is 35.2 Å². The Morgan fingerprint density at radius 3 is 2.85 bits per heavy atom. The highest BCUT2D eigenvalue weighted by atomic mass is 16.5. The van der Waals surface area contributed by atoms with Crippen LogP contribution in [-0.4, -0.2) is 62.1 Å². The maximum atomic E-state index is 12.2. The van der Waals surface area contributed by atoms with Gasteiger partial charge >= 0.3 is 6.01 Å². The van der Waals surface area contributed by atoms with Crippen molar-refractivity contribution in [3.05, 3.63) is 59.5 Å². The van der Waals surface area contributed by atoms with E-state index in [2.05, 4.69) is 38.0 Å². The molecule has 0 atom stereocenters. The van der Waals surface area contributed by atoms with E-state index in [4.69, 9.17) is 14.7 Å². The number of H-pyrrole nitrogens is 1. The molecule has 10 nitrogen and oxygen atoms in total. The molecular formula is C29H26N8O2. The molecule has 4 aromatic rings. The molecule has 0 bridgehead atoms. The summed E-state index contributed by atoms with van der Waals surface area (Å²) in [5, 5.41) is 18.5. The Balaban J connectivity index is 1.40. The van der Waals surface area contributed by atoms with Crippen molar-refractivity contribution >= 4 is 22.6 Å². The van der Waals surface area contributed by atoms with E-state index in [0.29, 0.717) is 43.3 Å². The van der Waals surface area contributed by atoms with Gasteiger partial charge in [-0.15, -0.1) is 0 Å². The summed E-state index contributed by atoms with van der Waals surface area (Å²) in [6.45, 7) is 6.53. The Morgan fingerprint density at radius 2 is 2.08 bits per heavy atom. The topological polar surface area (TPSA) is 124 Å². The maximum Gasteiger partial charge on any atom is 0.319 e. The van der Waals surface area contributed by atoms with Crippen molar-refractivity contribution in [1.29, 1.82) is 5.26 Å². The number of fused-ring (bicyclic) bond motifs is 1. The third-order valence-corrected chi connectivity index (χ3v) is 7.44. The zero-order chi connectivity index (χ0) is 27.0. The summed E-state index contributed by atoms with van der Waals surface area (Å²) in [4.78, 5) is 30.0. The van der Waals surface area contributed by atoms with Gasteiger partial charge < -0.3 is 14.5 Å². The smallest absolute Gasteiger partial charge is 0.319 e. The number of anilines is 1. The average molecular weight is 519 g/mol. The van der Waals surface area contributed by atoms with Crippen LogP contribution < -0.4 is 9.64 Å². The molecule has 194 valence electrons. The molecule has 2 aliphatic heterocycles. The van der Waals surface area contributed by atoms with Crippen molar-refractivity contribution in [2.75, 3.05) is 31.1 Å². The summed E-state index contributed by atoms with van der Waals surface area (Å²) in [5.74, 6) is 5.70. The second-order valence-corrected chi connectivity index (χ2v) is 10.1. The molecule has 0 unspecified atom stereocenters. The molecular weight excluding hydrogens is 492 g/mol. The second-order valence-electron chi connectivity index (χ2n) is 10.1. The maximum absolute atomic E-state index is 12.2. The fourth-order valence-electron chi connectivity index (χ4n) is 5.54. The van der Waals surface area contributed by atoms with Crippen LogP contribution in [0, 0.1) is 35.5 Å². The molecule has 10 heteroatoms. The van der Waals surface area contributed by atoms with E-state index in [1.165, 1.54) is 0 Å². The molecule has 1 amide bonds. The van der Waals surface area contributed by atoms with Gasteiger partial charge in [0.25, 0.3) is 5.91 Å². The Morgan fingerprint density at radius 1 is 1.21 bits per heavy atom. The molecule has 39 heavy (non-hydrogen) atoms. The number of aryl methyl sites for hydroxylation is 1. The number of rotatable bonds is 5. The number of likely N-dealkylation sites (tertiary alicyclic amines) is 1. The van der Waals surface area contributed by atoms with E-state index in [1.54, 1.807) is 24.2 Å². The quantitative estimate of drug-likeness (QED) is 0.400. The summed E-state index contributed by atoms with van der Waals surface area (Å²) in [5.41, 5.74) is 4.23. The minimum Gasteiger partial charge on any atom is -0.457 e. The number of ether oxygens (including phenoxy) is 1. The lowest BCUT2D eigenvalue weighted by atomic mass is 9.79. The van der Waals surface area contributed by atoms with Gasteiger partial charge in [-0.1, -0.05) is 18.1 Å². The molecule has 6 rings (SSSR count). The van der Waals surface area contributed by atoms with Crippen molar-refractivity contribution in [3.63, 3.8) is 0 Å². The molecule has 0 saturated carbocycles.